The van der Waals surface area contributed by atoms with Gasteiger partial charge < -0.3 is 9.73 Å². The standard InChI is InChI=1S/C17H21N3O2/c1-11-9-10-18-17(19-11)16(13-4-5-13)20-15(21)8-7-14-6-3-12(2)22-14/h3,6,9-10,13,16H,4-5,7-8H2,1-2H3,(H,20,21)/t16-/m0/s1. The first-order chi connectivity index (χ1) is 10.6. The summed E-state index contributed by atoms with van der Waals surface area (Å²) >= 11 is 0. The van der Waals surface area contributed by atoms with Crippen molar-refractivity contribution in [2.24, 2.45) is 5.92 Å². The van der Waals surface area contributed by atoms with Crippen LogP contribution in [0.25, 0.3) is 0 Å². The Kier molecular flexibility index (Phi) is 4.22. The van der Waals surface area contributed by atoms with Crippen LogP contribution in [0.4, 0.5) is 0 Å². The van der Waals surface area contributed by atoms with Crippen molar-refractivity contribution < 1.29 is 9.21 Å². The fourth-order valence-corrected chi connectivity index (χ4v) is 2.54. The molecule has 2 aromatic rings. The summed E-state index contributed by atoms with van der Waals surface area (Å²) in [5, 5.41) is 3.09. The average molecular weight is 299 g/mol. The number of carbonyl (C=O) groups is 1. The van der Waals surface area contributed by atoms with Gasteiger partial charge in [0.2, 0.25) is 5.91 Å². The predicted octanol–water partition coefficient (Wildman–Crippen LogP) is 2.89. The largest absolute Gasteiger partial charge is 0.466 e. The van der Waals surface area contributed by atoms with Crippen LogP contribution < -0.4 is 5.32 Å². The van der Waals surface area contributed by atoms with Gasteiger partial charge >= 0.3 is 0 Å². The van der Waals surface area contributed by atoms with Crippen molar-refractivity contribution >= 4 is 5.91 Å². The summed E-state index contributed by atoms with van der Waals surface area (Å²) in [6.45, 7) is 3.85. The number of amides is 1. The van der Waals surface area contributed by atoms with Gasteiger partial charge in [-0.2, -0.15) is 0 Å². The molecule has 1 N–H and O–H groups in total. The monoisotopic (exact) mass is 299 g/mol. The molecule has 0 bridgehead atoms. The van der Waals surface area contributed by atoms with Crippen molar-refractivity contribution in [3.63, 3.8) is 0 Å². The molecule has 2 aromatic heterocycles. The first-order valence-corrected chi connectivity index (χ1v) is 7.76. The van der Waals surface area contributed by atoms with Gasteiger partial charge in [0, 0.05) is 24.7 Å². The Labute approximate surface area is 130 Å². The van der Waals surface area contributed by atoms with Crippen LogP contribution in [0.5, 0.6) is 0 Å². The highest BCUT2D eigenvalue weighted by Gasteiger charge is 2.35. The fourth-order valence-electron chi connectivity index (χ4n) is 2.54. The minimum atomic E-state index is -0.0641. The van der Waals surface area contributed by atoms with Crippen molar-refractivity contribution in [1.29, 1.82) is 0 Å². The van der Waals surface area contributed by atoms with E-state index in [1.165, 1.54) is 0 Å². The highest BCUT2D eigenvalue weighted by Crippen LogP contribution is 2.39. The number of aryl methyl sites for hydroxylation is 3. The number of aromatic nitrogens is 2. The van der Waals surface area contributed by atoms with Crippen molar-refractivity contribution in [3.05, 3.63) is 47.4 Å². The summed E-state index contributed by atoms with van der Waals surface area (Å²) in [7, 11) is 0. The molecule has 116 valence electrons. The second kappa shape index (κ2) is 6.30. The SMILES string of the molecule is Cc1ccnc([C@@H](NC(=O)CCc2ccc(C)o2)C2CC2)n1. The van der Waals surface area contributed by atoms with E-state index in [1.54, 1.807) is 6.20 Å². The summed E-state index contributed by atoms with van der Waals surface area (Å²) in [5.74, 6) is 2.94. The molecular formula is C17H21N3O2. The maximum atomic E-state index is 12.2. The minimum Gasteiger partial charge on any atom is -0.466 e. The van der Waals surface area contributed by atoms with Gasteiger partial charge in [-0.1, -0.05) is 0 Å². The molecule has 0 unspecified atom stereocenters. The first kappa shape index (κ1) is 14.8. The van der Waals surface area contributed by atoms with Gasteiger partial charge in [-0.15, -0.1) is 0 Å². The Balaban J connectivity index is 1.60. The van der Waals surface area contributed by atoms with Crippen LogP contribution in [0.15, 0.2) is 28.8 Å². The topological polar surface area (TPSA) is 68.0 Å². The number of carbonyl (C=O) groups excluding carboxylic acids is 1. The van der Waals surface area contributed by atoms with Crippen LogP contribution in [-0.4, -0.2) is 15.9 Å². The predicted molar refractivity (Wildman–Crippen MR) is 82.1 cm³/mol. The maximum absolute atomic E-state index is 12.2. The van der Waals surface area contributed by atoms with E-state index >= 15 is 0 Å². The van der Waals surface area contributed by atoms with Crippen LogP contribution >= 0.6 is 0 Å². The summed E-state index contributed by atoms with van der Waals surface area (Å²) in [4.78, 5) is 21.0. The molecule has 0 saturated heterocycles. The van der Waals surface area contributed by atoms with Crippen LogP contribution in [0.2, 0.25) is 0 Å². The van der Waals surface area contributed by atoms with E-state index in [9.17, 15) is 4.79 Å². The Morgan fingerprint density at radius 3 is 2.82 bits per heavy atom. The fraction of sp³-hybridized carbons (Fsp3) is 0.471. The highest BCUT2D eigenvalue weighted by atomic mass is 16.3. The molecule has 5 nitrogen and oxygen atoms in total. The van der Waals surface area contributed by atoms with E-state index in [4.69, 9.17) is 4.42 Å². The Morgan fingerprint density at radius 2 is 2.18 bits per heavy atom. The Bertz CT molecular complexity index is 661. The second-order valence-electron chi connectivity index (χ2n) is 5.95. The molecule has 0 aliphatic heterocycles. The van der Waals surface area contributed by atoms with Gasteiger partial charge in [-0.25, -0.2) is 9.97 Å². The van der Waals surface area contributed by atoms with Crippen molar-refractivity contribution in [2.75, 3.05) is 0 Å². The van der Waals surface area contributed by atoms with Crippen LogP contribution in [0.3, 0.4) is 0 Å². The molecule has 22 heavy (non-hydrogen) atoms. The zero-order valence-electron chi connectivity index (χ0n) is 13.0. The molecule has 3 rings (SSSR count). The van der Waals surface area contributed by atoms with Crippen LogP contribution in [0.1, 0.15) is 48.3 Å². The lowest BCUT2D eigenvalue weighted by Crippen LogP contribution is -2.31. The lowest BCUT2D eigenvalue weighted by atomic mass is 10.1. The molecule has 1 aliphatic carbocycles. The van der Waals surface area contributed by atoms with Gasteiger partial charge in [0.05, 0.1) is 6.04 Å². The van der Waals surface area contributed by atoms with E-state index in [2.05, 4.69) is 15.3 Å². The molecule has 1 fully saturated rings. The van der Waals surface area contributed by atoms with Crippen molar-refractivity contribution in [1.82, 2.24) is 15.3 Å². The molecule has 1 amide bonds. The molecule has 1 aliphatic rings. The molecule has 5 heteroatoms. The van der Waals surface area contributed by atoms with Crippen molar-refractivity contribution in [3.8, 4) is 0 Å². The number of furan rings is 1. The summed E-state index contributed by atoms with van der Waals surface area (Å²) in [5.41, 5.74) is 0.927. The van der Waals surface area contributed by atoms with E-state index in [0.717, 1.165) is 35.9 Å². The van der Waals surface area contributed by atoms with Gasteiger partial charge in [0.15, 0.2) is 5.82 Å². The molecule has 0 aromatic carbocycles. The molecule has 0 spiro atoms. The highest BCUT2D eigenvalue weighted by molar-refractivity contribution is 5.76. The van der Waals surface area contributed by atoms with E-state index in [1.807, 2.05) is 32.0 Å². The first-order valence-electron chi connectivity index (χ1n) is 7.76. The smallest absolute Gasteiger partial charge is 0.221 e. The summed E-state index contributed by atoms with van der Waals surface area (Å²) < 4.78 is 5.49. The zero-order valence-corrected chi connectivity index (χ0v) is 13.0. The van der Waals surface area contributed by atoms with Gasteiger partial charge in [0.1, 0.15) is 11.5 Å². The van der Waals surface area contributed by atoms with E-state index in [0.29, 0.717) is 18.8 Å². The maximum Gasteiger partial charge on any atom is 0.221 e. The third kappa shape index (κ3) is 3.72. The third-order valence-corrected chi connectivity index (χ3v) is 3.90. The van der Waals surface area contributed by atoms with Gasteiger partial charge in [-0.05, 0) is 50.8 Å². The van der Waals surface area contributed by atoms with Gasteiger partial charge in [0.25, 0.3) is 0 Å². The Morgan fingerprint density at radius 1 is 1.36 bits per heavy atom. The normalized spacial score (nSPS) is 15.5. The van der Waals surface area contributed by atoms with Crippen LogP contribution in [-0.2, 0) is 11.2 Å². The molecule has 1 atom stereocenters. The molecule has 1 saturated carbocycles. The molecule has 0 radical (unpaired) electrons. The number of nitrogens with zero attached hydrogens (tertiary/aromatic N) is 2. The number of hydrogen-bond donors (Lipinski definition) is 1. The van der Waals surface area contributed by atoms with Crippen molar-refractivity contribution in [2.45, 2.75) is 45.6 Å². The third-order valence-electron chi connectivity index (χ3n) is 3.90. The van der Waals surface area contributed by atoms with Gasteiger partial charge in [-0.3, -0.25) is 4.79 Å². The Hall–Kier alpha value is -2.17. The quantitative estimate of drug-likeness (QED) is 0.890. The average Bonchev–Trinajstić information content (AvgIpc) is 3.25. The van der Waals surface area contributed by atoms with E-state index in [-0.39, 0.29) is 11.9 Å². The molecule has 2 heterocycles. The minimum absolute atomic E-state index is 0.0241. The summed E-state index contributed by atoms with van der Waals surface area (Å²) in [6.07, 6.45) is 5.04. The summed E-state index contributed by atoms with van der Waals surface area (Å²) in [6, 6.07) is 5.64. The lowest BCUT2D eigenvalue weighted by Gasteiger charge is -2.17. The number of hydrogen-bond acceptors (Lipinski definition) is 4. The number of nitrogens with one attached hydrogen (secondary N) is 1. The van der Waals surface area contributed by atoms with Crippen LogP contribution in [0, 0.1) is 19.8 Å². The molecular weight excluding hydrogens is 278 g/mol. The lowest BCUT2D eigenvalue weighted by molar-refractivity contribution is -0.122. The second-order valence-corrected chi connectivity index (χ2v) is 5.95. The number of rotatable bonds is 6. The van der Waals surface area contributed by atoms with E-state index < -0.39 is 0 Å². The zero-order chi connectivity index (χ0) is 15.5.